The topological polar surface area (TPSA) is 76.5 Å². The zero-order valence-electron chi connectivity index (χ0n) is 17.1. The van der Waals surface area contributed by atoms with Crippen LogP contribution in [-0.2, 0) is 41.7 Å². The Bertz CT molecular complexity index is 991. The average molecular weight is 459 g/mol. The molecule has 0 spiro atoms. The van der Waals surface area contributed by atoms with Crippen molar-refractivity contribution in [1.82, 2.24) is 20.0 Å². The van der Waals surface area contributed by atoms with Crippen molar-refractivity contribution < 1.29 is 27.5 Å². The van der Waals surface area contributed by atoms with Crippen molar-refractivity contribution in [3.8, 4) is 5.75 Å². The predicted molar refractivity (Wildman–Crippen MR) is 107 cm³/mol. The summed E-state index contributed by atoms with van der Waals surface area (Å²) in [5.74, 6) is -0.120. The maximum Gasteiger partial charge on any atom is 0.435 e. The van der Waals surface area contributed by atoms with Crippen molar-refractivity contribution in [2.45, 2.75) is 32.1 Å². The van der Waals surface area contributed by atoms with E-state index >= 15 is 0 Å². The SMILES string of the molecule is CNC(=O)CN1CCc2c(C(F)(F)F)nn(CC(=O)Cc3cc(Cl)ccc3OC)c2C1. The van der Waals surface area contributed by atoms with E-state index < -0.39 is 11.9 Å². The first-order chi connectivity index (χ1) is 14.6. The van der Waals surface area contributed by atoms with Crippen LogP contribution in [0.15, 0.2) is 18.2 Å². The normalized spacial score (nSPS) is 14.3. The smallest absolute Gasteiger partial charge is 0.435 e. The predicted octanol–water partition coefficient (Wildman–Crippen LogP) is 2.48. The summed E-state index contributed by atoms with van der Waals surface area (Å²) in [6.07, 6.45) is -4.60. The Kier molecular flexibility index (Phi) is 6.90. The van der Waals surface area contributed by atoms with Crippen LogP contribution in [0.3, 0.4) is 0 Å². The molecule has 1 aromatic heterocycles. The molecule has 0 aliphatic carbocycles. The Morgan fingerprint density at radius 3 is 2.68 bits per heavy atom. The van der Waals surface area contributed by atoms with Crippen LogP contribution in [0.4, 0.5) is 13.2 Å². The van der Waals surface area contributed by atoms with Crippen LogP contribution in [0.1, 0.15) is 22.5 Å². The molecule has 11 heteroatoms. The van der Waals surface area contributed by atoms with Crippen LogP contribution in [0.5, 0.6) is 5.75 Å². The highest BCUT2D eigenvalue weighted by atomic mass is 35.5. The van der Waals surface area contributed by atoms with Gasteiger partial charge in [0.1, 0.15) is 12.3 Å². The fraction of sp³-hybridized carbons (Fsp3) is 0.450. The number of hydrogen-bond donors (Lipinski definition) is 1. The van der Waals surface area contributed by atoms with Crippen LogP contribution in [-0.4, -0.2) is 53.6 Å². The highest BCUT2D eigenvalue weighted by Gasteiger charge is 2.40. The summed E-state index contributed by atoms with van der Waals surface area (Å²) in [6.45, 7) is 0.112. The van der Waals surface area contributed by atoms with Gasteiger partial charge in [0.2, 0.25) is 5.91 Å². The number of likely N-dealkylation sites (N-methyl/N-ethyl adjacent to an activating group) is 1. The molecule has 1 aliphatic rings. The molecule has 1 amide bonds. The van der Waals surface area contributed by atoms with Gasteiger partial charge in [-0.3, -0.25) is 19.2 Å². The number of ether oxygens (including phenoxy) is 1. The monoisotopic (exact) mass is 458 g/mol. The second-order valence-corrected chi connectivity index (χ2v) is 7.67. The van der Waals surface area contributed by atoms with E-state index in [2.05, 4.69) is 10.4 Å². The van der Waals surface area contributed by atoms with Crippen LogP contribution in [0, 0.1) is 0 Å². The Morgan fingerprint density at radius 2 is 2.03 bits per heavy atom. The molecule has 0 atom stereocenters. The Morgan fingerprint density at radius 1 is 1.29 bits per heavy atom. The lowest BCUT2D eigenvalue weighted by atomic mass is 10.0. The van der Waals surface area contributed by atoms with Gasteiger partial charge < -0.3 is 10.1 Å². The summed E-state index contributed by atoms with van der Waals surface area (Å²) in [6, 6.07) is 4.83. The van der Waals surface area contributed by atoms with E-state index in [9.17, 15) is 22.8 Å². The molecule has 0 bridgehead atoms. The van der Waals surface area contributed by atoms with Crippen molar-refractivity contribution in [1.29, 1.82) is 0 Å². The third kappa shape index (κ3) is 5.37. The number of methoxy groups -OCH3 is 1. The van der Waals surface area contributed by atoms with Gasteiger partial charge in [0.05, 0.1) is 19.3 Å². The third-order valence-electron chi connectivity index (χ3n) is 5.09. The lowest BCUT2D eigenvalue weighted by Crippen LogP contribution is -2.39. The molecule has 2 aromatic rings. The lowest BCUT2D eigenvalue weighted by molar-refractivity contribution is -0.142. The standard InChI is InChI=1S/C20H22ClF3N4O3/c1-25-18(30)11-27-6-5-15-16(10-27)28(26-19(15)20(22,23)24)9-14(29)8-12-7-13(21)3-4-17(12)31-2/h3-4,7H,5-6,8-11H2,1-2H3,(H,25,30). The van der Waals surface area contributed by atoms with Crippen LogP contribution >= 0.6 is 11.6 Å². The number of halogens is 4. The second kappa shape index (κ2) is 9.27. The molecule has 1 aliphatic heterocycles. The molecule has 0 radical (unpaired) electrons. The van der Waals surface area contributed by atoms with E-state index in [0.29, 0.717) is 28.6 Å². The minimum atomic E-state index is -4.63. The number of carbonyl (C=O) groups is 2. The number of hydrogen-bond acceptors (Lipinski definition) is 5. The van der Waals surface area contributed by atoms with Crippen molar-refractivity contribution >= 4 is 23.3 Å². The zero-order chi connectivity index (χ0) is 22.8. The summed E-state index contributed by atoms with van der Waals surface area (Å²) >= 11 is 5.99. The van der Waals surface area contributed by atoms with Crippen molar-refractivity contribution in [2.24, 2.45) is 0 Å². The maximum absolute atomic E-state index is 13.5. The van der Waals surface area contributed by atoms with Crippen LogP contribution < -0.4 is 10.1 Å². The molecule has 0 unspecified atom stereocenters. The molecule has 0 fully saturated rings. The van der Waals surface area contributed by atoms with E-state index in [-0.39, 0.29) is 49.7 Å². The molecule has 1 aromatic carbocycles. The first-order valence-electron chi connectivity index (χ1n) is 9.55. The van der Waals surface area contributed by atoms with E-state index in [0.717, 1.165) is 4.68 Å². The van der Waals surface area contributed by atoms with E-state index in [4.69, 9.17) is 16.3 Å². The highest BCUT2D eigenvalue weighted by molar-refractivity contribution is 6.30. The van der Waals surface area contributed by atoms with Gasteiger partial charge in [-0.1, -0.05) is 11.6 Å². The molecule has 168 valence electrons. The van der Waals surface area contributed by atoms with E-state index in [1.54, 1.807) is 23.1 Å². The Hall–Kier alpha value is -2.59. The summed E-state index contributed by atoms with van der Waals surface area (Å²) in [7, 11) is 2.95. The largest absolute Gasteiger partial charge is 0.496 e. The lowest BCUT2D eigenvalue weighted by Gasteiger charge is -2.27. The molecule has 2 heterocycles. The van der Waals surface area contributed by atoms with Gasteiger partial charge in [-0.15, -0.1) is 0 Å². The summed E-state index contributed by atoms with van der Waals surface area (Å²) in [5, 5.41) is 6.64. The number of nitrogens with one attached hydrogen (secondary N) is 1. The Balaban J connectivity index is 1.86. The van der Waals surface area contributed by atoms with Gasteiger partial charge in [0.15, 0.2) is 11.5 Å². The first-order valence-corrected chi connectivity index (χ1v) is 9.93. The molecule has 0 saturated heterocycles. The molecule has 7 nitrogen and oxygen atoms in total. The summed E-state index contributed by atoms with van der Waals surface area (Å²) in [5.41, 5.74) is -0.0591. The van der Waals surface area contributed by atoms with Crippen molar-refractivity contribution in [2.75, 3.05) is 27.2 Å². The van der Waals surface area contributed by atoms with E-state index in [1.165, 1.54) is 14.2 Å². The summed E-state index contributed by atoms with van der Waals surface area (Å²) < 4.78 is 46.9. The fourth-order valence-corrected chi connectivity index (χ4v) is 3.83. The Labute approximate surface area is 182 Å². The highest BCUT2D eigenvalue weighted by Crippen LogP contribution is 2.35. The number of fused-ring (bicyclic) bond motifs is 1. The molecule has 31 heavy (non-hydrogen) atoms. The number of Topliss-reactive ketones (excluding diaryl/α,β-unsaturated/α-hetero) is 1. The minimum Gasteiger partial charge on any atom is -0.496 e. The molecule has 1 N–H and O–H groups in total. The number of rotatable bonds is 7. The third-order valence-corrected chi connectivity index (χ3v) is 5.32. The maximum atomic E-state index is 13.5. The number of aromatic nitrogens is 2. The van der Waals surface area contributed by atoms with Gasteiger partial charge in [-0.25, -0.2) is 0 Å². The first kappa shape index (κ1) is 23.1. The second-order valence-electron chi connectivity index (χ2n) is 7.23. The van der Waals surface area contributed by atoms with E-state index in [1.807, 2.05) is 0 Å². The number of benzene rings is 1. The van der Waals surface area contributed by atoms with Gasteiger partial charge >= 0.3 is 6.18 Å². The molecule has 0 saturated carbocycles. The minimum absolute atomic E-state index is 0.0517. The van der Waals surface area contributed by atoms with Crippen LogP contribution in [0.2, 0.25) is 5.02 Å². The molecule has 3 rings (SSSR count). The van der Waals surface area contributed by atoms with Gasteiger partial charge in [0.25, 0.3) is 0 Å². The zero-order valence-corrected chi connectivity index (χ0v) is 17.8. The quantitative estimate of drug-likeness (QED) is 0.690. The van der Waals surface area contributed by atoms with Crippen molar-refractivity contribution in [3.05, 3.63) is 45.7 Å². The van der Waals surface area contributed by atoms with Crippen LogP contribution in [0.25, 0.3) is 0 Å². The molecular weight excluding hydrogens is 437 g/mol. The number of nitrogens with zero attached hydrogens (tertiary/aromatic N) is 3. The molecular formula is C20H22ClF3N4O3. The number of ketones is 1. The van der Waals surface area contributed by atoms with Gasteiger partial charge in [-0.2, -0.15) is 18.3 Å². The number of alkyl halides is 3. The number of carbonyl (C=O) groups excluding carboxylic acids is 2. The van der Waals surface area contributed by atoms with Crippen molar-refractivity contribution in [3.63, 3.8) is 0 Å². The summed E-state index contributed by atoms with van der Waals surface area (Å²) in [4.78, 5) is 26.1. The number of amides is 1. The average Bonchev–Trinajstić information content (AvgIpc) is 3.06. The van der Waals surface area contributed by atoms with Gasteiger partial charge in [0, 0.05) is 42.7 Å². The van der Waals surface area contributed by atoms with Gasteiger partial charge in [-0.05, 0) is 24.6 Å². The fourth-order valence-electron chi connectivity index (χ4n) is 3.63.